The van der Waals surface area contributed by atoms with E-state index in [4.69, 9.17) is 9.26 Å². The molecule has 0 bridgehead atoms. The Balaban J connectivity index is 1.62. The SMILES string of the molecule is O=C1c2c(OCc3ccccc3)noc2C[C@@H]2C=CCC[C@]12O. The quantitative estimate of drug-likeness (QED) is 0.882. The fourth-order valence-electron chi connectivity index (χ4n) is 3.34. The first kappa shape index (κ1) is 14.2. The zero-order valence-corrected chi connectivity index (χ0v) is 12.6. The Labute approximate surface area is 133 Å². The molecule has 2 aliphatic carbocycles. The number of rotatable bonds is 3. The average Bonchev–Trinajstić information content (AvgIpc) is 2.98. The van der Waals surface area contributed by atoms with Crippen molar-refractivity contribution in [2.75, 3.05) is 0 Å². The van der Waals surface area contributed by atoms with Crippen molar-refractivity contribution < 1.29 is 19.2 Å². The lowest BCUT2D eigenvalue weighted by molar-refractivity contribution is -0.00474. The fraction of sp³-hybridized carbons (Fsp3) is 0.333. The van der Waals surface area contributed by atoms with Crippen LogP contribution in [-0.2, 0) is 13.0 Å². The van der Waals surface area contributed by atoms with Gasteiger partial charge in [-0.25, -0.2) is 0 Å². The molecule has 2 aromatic rings. The molecule has 5 heteroatoms. The molecule has 0 amide bonds. The molecule has 0 spiro atoms. The number of ether oxygens (including phenoxy) is 1. The molecule has 1 aromatic heterocycles. The summed E-state index contributed by atoms with van der Waals surface area (Å²) in [6.07, 6.45) is 5.49. The summed E-state index contributed by atoms with van der Waals surface area (Å²) in [5, 5.41) is 14.7. The summed E-state index contributed by atoms with van der Waals surface area (Å²) in [5.74, 6) is 0.0955. The van der Waals surface area contributed by atoms with Gasteiger partial charge in [0, 0.05) is 12.3 Å². The molecule has 0 unspecified atom stereocenters. The van der Waals surface area contributed by atoms with Gasteiger partial charge in [0.25, 0.3) is 5.88 Å². The van der Waals surface area contributed by atoms with Gasteiger partial charge in [-0.3, -0.25) is 4.79 Å². The van der Waals surface area contributed by atoms with Crippen LogP contribution >= 0.6 is 0 Å². The maximum Gasteiger partial charge on any atom is 0.265 e. The van der Waals surface area contributed by atoms with Gasteiger partial charge in [-0.1, -0.05) is 42.5 Å². The molecule has 0 saturated carbocycles. The second-order valence-electron chi connectivity index (χ2n) is 6.09. The summed E-state index contributed by atoms with van der Waals surface area (Å²) >= 11 is 0. The molecule has 0 radical (unpaired) electrons. The van der Waals surface area contributed by atoms with Gasteiger partial charge in [0.05, 0.1) is 0 Å². The predicted octanol–water partition coefficient (Wildman–Crippen LogP) is 2.69. The minimum absolute atomic E-state index is 0.176. The normalized spacial score (nSPS) is 25.8. The Morgan fingerprint density at radius 3 is 3.00 bits per heavy atom. The van der Waals surface area contributed by atoms with Crippen LogP contribution in [0, 0.1) is 5.92 Å². The topological polar surface area (TPSA) is 72.6 Å². The average molecular weight is 311 g/mol. The van der Waals surface area contributed by atoms with Crippen LogP contribution in [0.2, 0.25) is 0 Å². The van der Waals surface area contributed by atoms with Crippen molar-refractivity contribution >= 4 is 5.78 Å². The highest BCUT2D eigenvalue weighted by molar-refractivity contribution is 6.06. The van der Waals surface area contributed by atoms with E-state index in [1.807, 2.05) is 42.5 Å². The third-order valence-electron chi connectivity index (χ3n) is 4.65. The molecule has 0 saturated heterocycles. The maximum atomic E-state index is 12.8. The fourth-order valence-corrected chi connectivity index (χ4v) is 3.34. The molecule has 0 aliphatic heterocycles. The minimum Gasteiger partial charge on any atom is -0.470 e. The number of carbonyl (C=O) groups excluding carboxylic acids is 1. The second kappa shape index (κ2) is 5.35. The van der Waals surface area contributed by atoms with Crippen LogP contribution in [0.25, 0.3) is 0 Å². The lowest BCUT2D eigenvalue weighted by atomic mass is 9.69. The molecule has 118 valence electrons. The van der Waals surface area contributed by atoms with Crippen LogP contribution in [0.15, 0.2) is 47.0 Å². The summed E-state index contributed by atoms with van der Waals surface area (Å²) in [7, 11) is 0. The third-order valence-corrected chi connectivity index (χ3v) is 4.65. The van der Waals surface area contributed by atoms with Crippen molar-refractivity contribution in [3.05, 3.63) is 59.4 Å². The van der Waals surface area contributed by atoms with Crippen molar-refractivity contribution in [1.82, 2.24) is 5.16 Å². The van der Waals surface area contributed by atoms with E-state index in [0.717, 1.165) is 5.56 Å². The number of hydrogen-bond acceptors (Lipinski definition) is 5. The summed E-state index contributed by atoms with van der Waals surface area (Å²) in [6.45, 7) is 0.300. The lowest BCUT2D eigenvalue weighted by Gasteiger charge is -2.37. The summed E-state index contributed by atoms with van der Waals surface area (Å²) < 4.78 is 11.0. The van der Waals surface area contributed by atoms with Gasteiger partial charge in [0.15, 0.2) is 5.76 Å². The molecular formula is C18H17NO4. The predicted molar refractivity (Wildman–Crippen MR) is 82.1 cm³/mol. The third kappa shape index (κ3) is 2.28. The Hall–Kier alpha value is -2.40. The van der Waals surface area contributed by atoms with E-state index < -0.39 is 5.60 Å². The number of benzene rings is 1. The van der Waals surface area contributed by atoms with Crippen molar-refractivity contribution in [1.29, 1.82) is 0 Å². The van der Waals surface area contributed by atoms with E-state index in [9.17, 15) is 9.90 Å². The van der Waals surface area contributed by atoms with Gasteiger partial charge in [-0.2, -0.15) is 0 Å². The monoisotopic (exact) mass is 311 g/mol. The maximum absolute atomic E-state index is 12.8. The zero-order chi connectivity index (χ0) is 15.9. The zero-order valence-electron chi connectivity index (χ0n) is 12.6. The van der Waals surface area contributed by atoms with E-state index in [-0.39, 0.29) is 17.6 Å². The van der Waals surface area contributed by atoms with Crippen molar-refractivity contribution in [3.8, 4) is 5.88 Å². The van der Waals surface area contributed by atoms with Gasteiger partial charge in [0.2, 0.25) is 5.78 Å². The van der Waals surface area contributed by atoms with Crippen molar-refractivity contribution in [3.63, 3.8) is 0 Å². The number of nitrogens with zero attached hydrogens (tertiary/aromatic N) is 1. The second-order valence-corrected chi connectivity index (χ2v) is 6.09. The Kier molecular flexibility index (Phi) is 3.31. The number of Topliss-reactive ketones (excluding diaryl/α,β-unsaturated/α-hetero) is 1. The van der Waals surface area contributed by atoms with E-state index in [1.54, 1.807) is 0 Å². The van der Waals surface area contributed by atoms with Gasteiger partial charge in [-0.05, 0) is 23.6 Å². The lowest BCUT2D eigenvalue weighted by Crippen LogP contribution is -2.50. The molecule has 1 N–H and O–H groups in total. The molecule has 1 heterocycles. The van der Waals surface area contributed by atoms with Gasteiger partial charge >= 0.3 is 0 Å². The molecular weight excluding hydrogens is 294 g/mol. The van der Waals surface area contributed by atoms with Crippen LogP contribution in [0.1, 0.15) is 34.5 Å². The first-order chi connectivity index (χ1) is 11.2. The van der Waals surface area contributed by atoms with Gasteiger partial charge in [0.1, 0.15) is 17.8 Å². The van der Waals surface area contributed by atoms with Gasteiger partial charge < -0.3 is 14.4 Å². The Bertz CT molecular complexity index is 765. The first-order valence-electron chi connectivity index (χ1n) is 7.77. The molecule has 5 nitrogen and oxygen atoms in total. The van der Waals surface area contributed by atoms with Crippen molar-refractivity contribution in [2.24, 2.45) is 5.92 Å². The Morgan fingerprint density at radius 2 is 2.17 bits per heavy atom. The van der Waals surface area contributed by atoms with Crippen LogP contribution in [0.4, 0.5) is 0 Å². The summed E-state index contributed by atoms with van der Waals surface area (Å²) in [4.78, 5) is 12.8. The van der Waals surface area contributed by atoms with Crippen LogP contribution < -0.4 is 4.74 Å². The van der Waals surface area contributed by atoms with Crippen molar-refractivity contribution in [2.45, 2.75) is 31.5 Å². The summed E-state index contributed by atoms with van der Waals surface area (Å²) in [6, 6.07) is 9.64. The van der Waals surface area contributed by atoms with E-state index >= 15 is 0 Å². The number of allylic oxidation sites excluding steroid dienone is 1. The molecule has 0 fully saturated rings. The Morgan fingerprint density at radius 1 is 1.35 bits per heavy atom. The van der Waals surface area contributed by atoms with E-state index in [2.05, 4.69) is 5.16 Å². The number of carbonyl (C=O) groups is 1. The van der Waals surface area contributed by atoms with E-state index in [1.165, 1.54) is 0 Å². The number of hydrogen-bond donors (Lipinski definition) is 1. The number of aromatic nitrogens is 1. The molecule has 2 atom stereocenters. The largest absolute Gasteiger partial charge is 0.470 e. The number of aliphatic hydroxyl groups is 1. The van der Waals surface area contributed by atoms with Crippen LogP contribution in [0.5, 0.6) is 5.88 Å². The van der Waals surface area contributed by atoms with E-state index in [0.29, 0.717) is 37.2 Å². The van der Waals surface area contributed by atoms with Gasteiger partial charge in [-0.15, -0.1) is 0 Å². The highest BCUT2D eigenvalue weighted by atomic mass is 16.5. The number of fused-ring (bicyclic) bond motifs is 2. The highest BCUT2D eigenvalue weighted by Crippen LogP contribution is 2.42. The smallest absolute Gasteiger partial charge is 0.265 e. The molecule has 1 aromatic carbocycles. The minimum atomic E-state index is -1.36. The van der Waals surface area contributed by atoms with Crippen LogP contribution in [-0.4, -0.2) is 21.6 Å². The standard InChI is InChI=1S/C18H17NO4/c20-16-15-14(10-13-8-4-5-9-18(13,16)21)23-19-17(15)22-11-12-6-2-1-3-7-12/h1-4,6-8,13,21H,5,9-11H2/t13-,18+/m0/s1. The highest BCUT2D eigenvalue weighted by Gasteiger charge is 2.51. The summed E-state index contributed by atoms with van der Waals surface area (Å²) in [5.41, 5.74) is -0.0855. The molecule has 4 rings (SSSR count). The molecule has 2 aliphatic rings. The first-order valence-corrected chi connectivity index (χ1v) is 7.77. The molecule has 23 heavy (non-hydrogen) atoms. The van der Waals surface area contributed by atoms with Crippen LogP contribution in [0.3, 0.4) is 0 Å². The number of ketones is 1.